The molecule has 0 atom stereocenters. The number of hydrogen-bond donors (Lipinski definition) is 2. The van der Waals surface area contributed by atoms with Crippen molar-refractivity contribution >= 4 is 40.5 Å². The lowest BCUT2D eigenvalue weighted by Gasteiger charge is -2.10. The Morgan fingerprint density at radius 2 is 1.85 bits per heavy atom. The third-order valence-corrected chi connectivity index (χ3v) is 3.14. The molecule has 0 fully saturated rings. The van der Waals surface area contributed by atoms with Crippen LogP contribution >= 0.6 is 23.2 Å². The van der Waals surface area contributed by atoms with E-state index in [1.165, 1.54) is 18.2 Å². The Bertz CT molecular complexity index is 724. The number of rotatable bonds is 3. The number of nitrogens with zero attached hydrogens (tertiary/aromatic N) is 1. The van der Waals surface area contributed by atoms with E-state index in [0.29, 0.717) is 22.0 Å². The van der Waals surface area contributed by atoms with Gasteiger partial charge in [-0.1, -0.05) is 23.2 Å². The van der Waals surface area contributed by atoms with Crippen molar-refractivity contribution in [2.24, 2.45) is 0 Å². The largest absolute Gasteiger partial charge is 0.478 e. The first-order valence-electron chi connectivity index (χ1n) is 5.51. The zero-order chi connectivity index (χ0) is 14.7. The number of benzene rings is 2. The standard InChI is InChI=1S/C14H8Cl2N2O2/c15-10-2-4-12(9(5-10)7-17)18-13-3-1-8(14(19)20)6-11(13)16/h1-6,18H,(H,19,20). The second-order valence-corrected chi connectivity index (χ2v) is 4.77. The third kappa shape index (κ3) is 3.02. The summed E-state index contributed by atoms with van der Waals surface area (Å²) < 4.78 is 0. The predicted octanol–water partition coefficient (Wildman–Crippen LogP) is 4.31. The fourth-order valence-corrected chi connectivity index (χ4v) is 2.01. The Morgan fingerprint density at radius 3 is 2.45 bits per heavy atom. The van der Waals surface area contributed by atoms with Gasteiger partial charge in [0.1, 0.15) is 6.07 Å². The molecule has 2 aromatic carbocycles. The highest BCUT2D eigenvalue weighted by Crippen LogP contribution is 2.29. The fraction of sp³-hybridized carbons (Fsp3) is 0. The van der Waals surface area contributed by atoms with E-state index in [-0.39, 0.29) is 10.6 Å². The predicted molar refractivity (Wildman–Crippen MR) is 77.9 cm³/mol. The minimum Gasteiger partial charge on any atom is -0.478 e. The van der Waals surface area contributed by atoms with Crippen LogP contribution < -0.4 is 5.32 Å². The first kappa shape index (κ1) is 14.2. The van der Waals surface area contributed by atoms with Crippen molar-refractivity contribution in [3.05, 3.63) is 57.6 Å². The van der Waals surface area contributed by atoms with Gasteiger partial charge >= 0.3 is 5.97 Å². The summed E-state index contributed by atoms with van der Waals surface area (Å²) in [7, 11) is 0. The summed E-state index contributed by atoms with van der Waals surface area (Å²) >= 11 is 11.8. The van der Waals surface area contributed by atoms with E-state index in [2.05, 4.69) is 5.32 Å². The molecule has 0 aromatic heterocycles. The molecule has 0 heterocycles. The topological polar surface area (TPSA) is 73.1 Å². The lowest BCUT2D eigenvalue weighted by Crippen LogP contribution is -1.98. The molecule has 0 spiro atoms. The summed E-state index contributed by atoms with van der Waals surface area (Å²) in [4.78, 5) is 10.8. The Morgan fingerprint density at radius 1 is 1.15 bits per heavy atom. The number of halogens is 2. The molecule has 6 heteroatoms. The van der Waals surface area contributed by atoms with E-state index in [1.807, 2.05) is 6.07 Å². The van der Waals surface area contributed by atoms with Crippen LogP contribution in [0.15, 0.2) is 36.4 Å². The number of nitriles is 1. The van der Waals surface area contributed by atoms with Crippen LogP contribution in [0, 0.1) is 11.3 Å². The zero-order valence-corrected chi connectivity index (χ0v) is 11.5. The molecule has 2 rings (SSSR count). The normalized spacial score (nSPS) is 9.85. The van der Waals surface area contributed by atoms with E-state index in [1.54, 1.807) is 18.2 Å². The molecule has 100 valence electrons. The zero-order valence-electron chi connectivity index (χ0n) is 10.0. The van der Waals surface area contributed by atoms with Crippen molar-refractivity contribution in [2.75, 3.05) is 5.32 Å². The number of carboxylic acid groups (broad SMARTS) is 1. The van der Waals surface area contributed by atoms with Crippen LogP contribution in [0.25, 0.3) is 0 Å². The molecule has 0 saturated carbocycles. The van der Waals surface area contributed by atoms with Gasteiger partial charge in [0.15, 0.2) is 0 Å². The van der Waals surface area contributed by atoms with Crippen molar-refractivity contribution in [2.45, 2.75) is 0 Å². The Kier molecular flexibility index (Phi) is 4.14. The first-order chi connectivity index (χ1) is 9.51. The van der Waals surface area contributed by atoms with Gasteiger partial charge < -0.3 is 10.4 Å². The highest BCUT2D eigenvalue weighted by molar-refractivity contribution is 6.33. The van der Waals surface area contributed by atoms with Crippen LogP contribution in [0.2, 0.25) is 10.0 Å². The summed E-state index contributed by atoms with van der Waals surface area (Å²) in [5.41, 5.74) is 1.52. The number of nitrogens with one attached hydrogen (secondary N) is 1. The van der Waals surface area contributed by atoms with E-state index in [0.717, 1.165) is 0 Å². The van der Waals surface area contributed by atoms with E-state index >= 15 is 0 Å². The van der Waals surface area contributed by atoms with Crippen LogP contribution in [-0.2, 0) is 0 Å². The number of aromatic carboxylic acids is 1. The van der Waals surface area contributed by atoms with Crippen molar-refractivity contribution in [1.29, 1.82) is 5.26 Å². The molecule has 0 bridgehead atoms. The number of carbonyl (C=O) groups is 1. The molecule has 0 aliphatic heterocycles. The molecule has 4 nitrogen and oxygen atoms in total. The lowest BCUT2D eigenvalue weighted by atomic mass is 10.1. The quantitative estimate of drug-likeness (QED) is 0.886. The van der Waals surface area contributed by atoms with Crippen molar-refractivity contribution < 1.29 is 9.90 Å². The van der Waals surface area contributed by atoms with Gasteiger partial charge in [0.05, 0.1) is 27.5 Å². The molecular formula is C14H8Cl2N2O2. The summed E-state index contributed by atoms with van der Waals surface area (Å²) in [5.74, 6) is -1.05. The van der Waals surface area contributed by atoms with Crippen LogP contribution in [0.1, 0.15) is 15.9 Å². The smallest absolute Gasteiger partial charge is 0.335 e. The molecule has 2 N–H and O–H groups in total. The van der Waals surface area contributed by atoms with Gasteiger partial charge in [-0.3, -0.25) is 0 Å². The summed E-state index contributed by atoms with van der Waals surface area (Å²) in [6.45, 7) is 0. The minimum absolute atomic E-state index is 0.0946. The average molecular weight is 307 g/mol. The van der Waals surface area contributed by atoms with Gasteiger partial charge in [-0.25, -0.2) is 4.79 Å². The Labute approximate surface area is 125 Å². The average Bonchev–Trinajstić information content (AvgIpc) is 2.42. The van der Waals surface area contributed by atoms with Crippen LogP contribution in [0.5, 0.6) is 0 Å². The highest BCUT2D eigenvalue weighted by Gasteiger charge is 2.09. The summed E-state index contributed by atoms with van der Waals surface area (Å²) in [5, 5.41) is 21.6. The maximum absolute atomic E-state index is 10.8. The van der Waals surface area contributed by atoms with Gasteiger partial charge in [-0.15, -0.1) is 0 Å². The molecule has 0 unspecified atom stereocenters. The van der Waals surface area contributed by atoms with Crippen molar-refractivity contribution in [3.8, 4) is 6.07 Å². The lowest BCUT2D eigenvalue weighted by molar-refractivity contribution is 0.0697. The van der Waals surface area contributed by atoms with Crippen LogP contribution in [-0.4, -0.2) is 11.1 Å². The summed E-state index contributed by atoms with van der Waals surface area (Å²) in [6.07, 6.45) is 0. The van der Waals surface area contributed by atoms with E-state index in [4.69, 9.17) is 33.6 Å². The maximum atomic E-state index is 10.8. The molecule has 0 aliphatic carbocycles. The number of anilines is 2. The highest BCUT2D eigenvalue weighted by atomic mass is 35.5. The Balaban J connectivity index is 2.36. The SMILES string of the molecule is N#Cc1cc(Cl)ccc1Nc1ccc(C(=O)O)cc1Cl. The summed E-state index contributed by atoms with van der Waals surface area (Å²) in [6, 6.07) is 11.2. The molecule has 0 aliphatic rings. The second-order valence-electron chi connectivity index (χ2n) is 3.93. The molecule has 0 amide bonds. The molecule has 0 saturated heterocycles. The van der Waals surface area contributed by atoms with Crippen LogP contribution in [0.3, 0.4) is 0 Å². The third-order valence-electron chi connectivity index (χ3n) is 2.59. The van der Waals surface area contributed by atoms with Gasteiger partial charge in [-0.05, 0) is 36.4 Å². The number of carboxylic acids is 1. The van der Waals surface area contributed by atoms with Crippen molar-refractivity contribution in [1.82, 2.24) is 0 Å². The van der Waals surface area contributed by atoms with E-state index in [9.17, 15) is 4.79 Å². The monoisotopic (exact) mass is 306 g/mol. The molecule has 0 radical (unpaired) electrons. The molecular weight excluding hydrogens is 299 g/mol. The minimum atomic E-state index is -1.05. The Hall–Kier alpha value is -2.22. The van der Waals surface area contributed by atoms with Crippen LogP contribution in [0.4, 0.5) is 11.4 Å². The van der Waals surface area contributed by atoms with Gasteiger partial charge in [0, 0.05) is 5.02 Å². The molecule has 2 aromatic rings. The van der Waals surface area contributed by atoms with Gasteiger partial charge in [-0.2, -0.15) is 5.26 Å². The van der Waals surface area contributed by atoms with Gasteiger partial charge in [0.25, 0.3) is 0 Å². The van der Waals surface area contributed by atoms with E-state index < -0.39 is 5.97 Å². The second kappa shape index (κ2) is 5.83. The van der Waals surface area contributed by atoms with Crippen molar-refractivity contribution in [3.63, 3.8) is 0 Å². The first-order valence-corrected chi connectivity index (χ1v) is 6.26. The fourth-order valence-electron chi connectivity index (χ4n) is 1.61. The maximum Gasteiger partial charge on any atom is 0.335 e. The number of hydrogen-bond acceptors (Lipinski definition) is 3. The van der Waals surface area contributed by atoms with Gasteiger partial charge in [0.2, 0.25) is 0 Å². The molecule has 20 heavy (non-hydrogen) atoms.